The number of aromatic amines is 1. The van der Waals surface area contributed by atoms with Crippen molar-refractivity contribution in [1.82, 2.24) is 20.3 Å². The minimum atomic E-state index is -0.776. The van der Waals surface area contributed by atoms with Gasteiger partial charge in [-0.3, -0.25) is 14.7 Å². The van der Waals surface area contributed by atoms with Crippen molar-refractivity contribution in [3.8, 4) is 0 Å². The molecule has 2 aliphatic rings. The summed E-state index contributed by atoms with van der Waals surface area (Å²) in [4.78, 5) is 26.4. The monoisotopic (exact) mass is 389 g/mol. The highest BCUT2D eigenvalue weighted by molar-refractivity contribution is 8.17. The Morgan fingerprint density at radius 3 is 3.12 bits per heavy atom. The molecule has 1 aromatic heterocycles. The summed E-state index contributed by atoms with van der Waals surface area (Å²) in [5.74, 6) is 0.206. The Kier molecular flexibility index (Phi) is 5.33. The van der Waals surface area contributed by atoms with Crippen LogP contribution in [0.5, 0.6) is 0 Å². The lowest BCUT2D eigenvalue weighted by molar-refractivity contribution is -0.154. The van der Waals surface area contributed by atoms with Crippen LogP contribution in [0.1, 0.15) is 13.8 Å². The molecule has 11 heteroatoms. The molecule has 0 bridgehead atoms. The van der Waals surface area contributed by atoms with Gasteiger partial charge in [0.1, 0.15) is 21.2 Å². The number of amides is 1. The Hall–Kier alpha value is -0.910. The number of β-lactam (4-membered cyclic amide) rings is 1. The third-order valence-corrected chi connectivity index (χ3v) is 7.93. The van der Waals surface area contributed by atoms with Crippen molar-refractivity contribution in [3.63, 3.8) is 0 Å². The molecule has 0 aromatic carbocycles. The molecule has 3 atom stereocenters. The third-order valence-electron chi connectivity index (χ3n) is 3.75. The number of nitrogens with one attached hydrogen (secondary N) is 1. The highest BCUT2D eigenvalue weighted by Gasteiger charge is 2.56. The number of carbonyl (C=O) groups is 2. The van der Waals surface area contributed by atoms with Gasteiger partial charge in [0.15, 0.2) is 0 Å². The number of rotatable bonds is 6. The van der Waals surface area contributed by atoms with Crippen LogP contribution in [0.25, 0.3) is 0 Å². The van der Waals surface area contributed by atoms with Gasteiger partial charge in [0.25, 0.3) is 0 Å². The molecule has 0 aliphatic carbocycles. The largest absolute Gasteiger partial charge is 0.462 e. The topological polar surface area (TPSA) is 114 Å². The molecule has 24 heavy (non-hydrogen) atoms. The fraction of sp³-hybridized carbons (Fsp3) is 0.692. The van der Waals surface area contributed by atoms with Crippen LogP contribution < -0.4 is 5.73 Å². The van der Waals surface area contributed by atoms with Gasteiger partial charge in [-0.1, -0.05) is 17.0 Å². The van der Waals surface area contributed by atoms with Crippen molar-refractivity contribution in [2.24, 2.45) is 5.73 Å². The van der Waals surface area contributed by atoms with Crippen molar-refractivity contribution < 1.29 is 14.3 Å². The Morgan fingerprint density at radius 1 is 1.67 bits per heavy atom. The van der Waals surface area contributed by atoms with Crippen molar-refractivity contribution in [1.29, 1.82) is 0 Å². The van der Waals surface area contributed by atoms with E-state index in [4.69, 9.17) is 10.5 Å². The second-order valence-corrected chi connectivity index (χ2v) is 9.72. The Labute approximate surface area is 152 Å². The maximum absolute atomic E-state index is 12.7. The van der Waals surface area contributed by atoms with E-state index in [0.29, 0.717) is 17.4 Å². The summed E-state index contributed by atoms with van der Waals surface area (Å²) in [7, 11) is 0. The van der Waals surface area contributed by atoms with E-state index >= 15 is 0 Å². The van der Waals surface area contributed by atoms with Gasteiger partial charge >= 0.3 is 5.97 Å². The molecule has 3 rings (SSSR count). The van der Waals surface area contributed by atoms with Crippen molar-refractivity contribution in [2.45, 2.75) is 41.1 Å². The van der Waals surface area contributed by atoms with Gasteiger partial charge in [0.2, 0.25) is 5.91 Å². The SMILES string of the molecule is CC(C)OC(=O)C1(SCSc2cnn[nH]2)CS[C@@H]2C(N)C(=O)N2C1. The van der Waals surface area contributed by atoms with Crippen LogP contribution in [0.4, 0.5) is 0 Å². The zero-order valence-electron chi connectivity index (χ0n) is 13.3. The summed E-state index contributed by atoms with van der Waals surface area (Å²) >= 11 is 4.56. The molecule has 2 unspecified atom stereocenters. The first-order valence-electron chi connectivity index (χ1n) is 7.44. The van der Waals surface area contributed by atoms with Gasteiger partial charge < -0.3 is 15.4 Å². The van der Waals surface area contributed by atoms with Gasteiger partial charge in [-0.05, 0) is 13.8 Å². The van der Waals surface area contributed by atoms with Crippen LogP contribution in [-0.2, 0) is 14.3 Å². The molecule has 2 aliphatic heterocycles. The van der Waals surface area contributed by atoms with Gasteiger partial charge in [-0.15, -0.1) is 28.6 Å². The number of nitrogens with zero attached hydrogens (tertiary/aromatic N) is 3. The molecule has 3 heterocycles. The quantitative estimate of drug-likeness (QED) is 0.311. The second kappa shape index (κ2) is 7.14. The number of thioether (sulfide) groups is 3. The van der Waals surface area contributed by atoms with E-state index in [-0.39, 0.29) is 23.4 Å². The number of ether oxygens (including phenoxy) is 1. The first-order valence-corrected chi connectivity index (χ1v) is 10.5. The first kappa shape index (κ1) is 17.9. The van der Waals surface area contributed by atoms with Crippen LogP contribution in [-0.4, -0.2) is 71.8 Å². The van der Waals surface area contributed by atoms with E-state index in [1.54, 1.807) is 22.9 Å². The summed E-state index contributed by atoms with van der Waals surface area (Å²) in [6.45, 7) is 3.99. The molecule has 132 valence electrons. The lowest BCUT2D eigenvalue weighted by Crippen LogP contribution is -2.73. The summed E-state index contributed by atoms with van der Waals surface area (Å²) in [6, 6.07) is -0.454. The molecule has 1 amide bonds. The number of hydrogen-bond donors (Lipinski definition) is 2. The molecular weight excluding hydrogens is 370 g/mol. The van der Waals surface area contributed by atoms with Crippen LogP contribution >= 0.6 is 35.3 Å². The smallest absolute Gasteiger partial charge is 0.325 e. The lowest BCUT2D eigenvalue weighted by Gasteiger charge is -2.52. The van der Waals surface area contributed by atoms with E-state index in [1.165, 1.54) is 23.5 Å². The molecular formula is C13H19N5O3S3. The number of fused-ring (bicyclic) bond motifs is 1. The molecule has 0 saturated carbocycles. The number of hydrogen-bond acceptors (Lipinski definition) is 9. The van der Waals surface area contributed by atoms with Crippen LogP contribution in [0.2, 0.25) is 0 Å². The normalized spacial score (nSPS) is 29.3. The third kappa shape index (κ3) is 3.39. The van der Waals surface area contributed by atoms with E-state index in [0.717, 1.165) is 5.03 Å². The minimum absolute atomic E-state index is 0.0254. The van der Waals surface area contributed by atoms with Crippen molar-refractivity contribution in [2.75, 3.05) is 17.4 Å². The molecule has 8 nitrogen and oxygen atoms in total. The molecule has 2 fully saturated rings. The average Bonchev–Trinajstić information content (AvgIpc) is 3.06. The molecule has 3 N–H and O–H groups in total. The molecule has 1 aromatic rings. The fourth-order valence-corrected chi connectivity index (χ4v) is 6.65. The molecule has 0 radical (unpaired) electrons. The van der Waals surface area contributed by atoms with E-state index < -0.39 is 10.8 Å². The Balaban J connectivity index is 1.69. The number of carbonyl (C=O) groups excluding carboxylic acids is 2. The highest BCUT2D eigenvalue weighted by atomic mass is 32.2. The zero-order valence-corrected chi connectivity index (χ0v) is 15.7. The van der Waals surface area contributed by atoms with Crippen molar-refractivity contribution in [3.05, 3.63) is 6.20 Å². The number of aromatic nitrogens is 3. The Bertz CT molecular complexity index is 614. The highest BCUT2D eigenvalue weighted by Crippen LogP contribution is 2.45. The molecule has 0 spiro atoms. The lowest BCUT2D eigenvalue weighted by atomic mass is 10.0. The fourth-order valence-electron chi connectivity index (χ4n) is 2.51. The Morgan fingerprint density at radius 2 is 2.46 bits per heavy atom. The van der Waals surface area contributed by atoms with E-state index in [2.05, 4.69) is 15.4 Å². The number of H-pyrrole nitrogens is 1. The summed E-state index contributed by atoms with van der Waals surface area (Å²) < 4.78 is 4.69. The number of nitrogens with two attached hydrogens (primary N) is 1. The maximum atomic E-state index is 12.7. The predicted molar refractivity (Wildman–Crippen MR) is 94.6 cm³/mol. The van der Waals surface area contributed by atoms with Crippen LogP contribution in [0.3, 0.4) is 0 Å². The second-order valence-electron chi connectivity index (χ2n) is 5.87. The average molecular weight is 390 g/mol. The van der Waals surface area contributed by atoms with Crippen LogP contribution in [0, 0.1) is 0 Å². The van der Waals surface area contributed by atoms with E-state index in [9.17, 15) is 9.59 Å². The minimum Gasteiger partial charge on any atom is -0.462 e. The summed E-state index contributed by atoms with van der Waals surface area (Å²) in [5, 5.41) is 11.6. The summed E-state index contributed by atoms with van der Waals surface area (Å²) in [5.41, 5.74) is 5.83. The van der Waals surface area contributed by atoms with Gasteiger partial charge in [0.05, 0.1) is 12.3 Å². The van der Waals surface area contributed by atoms with E-state index in [1.807, 2.05) is 13.8 Å². The van der Waals surface area contributed by atoms with Gasteiger partial charge in [0, 0.05) is 17.4 Å². The maximum Gasteiger partial charge on any atom is 0.325 e. The van der Waals surface area contributed by atoms with Crippen molar-refractivity contribution >= 4 is 47.2 Å². The van der Waals surface area contributed by atoms with Gasteiger partial charge in [-0.25, -0.2) is 0 Å². The number of esters is 1. The standard InChI is InChI=1S/C13H19N5O3S3/c1-7(2)21-12(20)13(24-6-23-8-3-15-17-16-8)4-18-10(19)9(14)11(18)22-5-13/h3,7,9,11H,4-6,14H2,1-2H3,(H,15,16,17)/t9?,11-,13?/m1/s1. The first-order chi connectivity index (χ1) is 11.4. The van der Waals surface area contributed by atoms with Gasteiger partial charge in [-0.2, -0.15) is 0 Å². The summed E-state index contributed by atoms with van der Waals surface area (Å²) in [6.07, 6.45) is 1.44. The predicted octanol–water partition coefficient (Wildman–Crippen LogP) is 0.520. The molecule has 2 saturated heterocycles. The zero-order chi connectivity index (χ0) is 17.3. The van der Waals surface area contributed by atoms with Crippen LogP contribution in [0.15, 0.2) is 11.2 Å².